The first-order chi connectivity index (χ1) is 12.6. The molecule has 1 aliphatic rings. The Labute approximate surface area is 151 Å². The fraction of sp³-hybridized carbons (Fsp3) is 0.333. The smallest absolute Gasteiger partial charge is 0.375 e. The molecule has 1 atom stereocenters. The number of hydrogen-bond acceptors (Lipinski definition) is 4. The lowest BCUT2D eigenvalue weighted by Crippen LogP contribution is -2.38. The van der Waals surface area contributed by atoms with Gasteiger partial charge in [0.15, 0.2) is 6.10 Å². The van der Waals surface area contributed by atoms with Gasteiger partial charge in [0.25, 0.3) is 5.91 Å². The lowest BCUT2D eigenvalue weighted by Gasteiger charge is -2.20. The van der Waals surface area contributed by atoms with E-state index >= 15 is 0 Å². The summed E-state index contributed by atoms with van der Waals surface area (Å²) in [4.78, 5) is 26.7. The van der Waals surface area contributed by atoms with Crippen LogP contribution in [0.15, 0.2) is 40.8 Å². The number of likely N-dealkylation sites (tertiary alicyclic amines) is 1. The Balaban J connectivity index is 1.63. The average Bonchev–Trinajstić information content (AvgIpc) is 3.29. The number of carbonyl (C=O) groups excluding carboxylic acids is 2. The van der Waals surface area contributed by atoms with Crippen LogP contribution < -0.4 is 0 Å². The number of benzene rings is 2. The summed E-state index contributed by atoms with van der Waals surface area (Å²) in [6, 6.07) is 11.8. The number of nitrogens with zero attached hydrogens (tertiary/aromatic N) is 1. The predicted molar refractivity (Wildman–Crippen MR) is 99.1 cm³/mol. The maximum Gasteiger partial charge on any atom is 0.375 e. The zero-order chi connectivity index (χ0) is 18.3. The number of carbonyl (C=O) groups is 2. The fourth-order valence-electron chi connectivity index (χ4n) is 3.60. The molecular weight excluding hydrogens is 330 g/mol. The Hall–Kier alpha value is -2.82. The molecule has 0 aliphatic carbocycles. The molecule has 4 rings (SSSR count). The first-order valence-electron chi connectivity index (χ1n) is 8.97. The minimum atomic E-state index is -0.815. The topological polar surface area (TPSA) is 59.8 Å². The molecule has 0 saturated carbocycles. The Morgan fingerprint density at radius 2 is 1.81 bits per heavy atom. The van der Waals surface area contributed by atoms with Crippen molar-refractivity contribution in [2.24, 2.45) is 0 Å². The van der Waals surface area contributed by atoms with Crippen molar-refractivity contribution in [1.29, 1.82) is 0 Å². The third-order valence-electron chi connectivity index (χ3n) is 5.06. The summed E-state index contributed by atoms with van der Waals surface area (Å²) in [5.41, 5.74) is 1.41. The number of amides is 1. The predicted octanol–water partition coefficient (Wildman–Crippen LogP) is 4.06. The van der Waals surface area contributed by atoms with Crippen molar-refractivity contribution in [3.63, 3.8) is 0 Å². The van der Waals surface area contributed by atoms with Crippen molar-refractivity contribution < 1.29 is 18.7 Å². The van der Waals surface area contributed by atoms with Gasteiger partial charge in [-0.2, -0.15) is 0 Å². The summed E-state index contributed by atoms with van der Waals surface area (Å²) >= 11 is 0. The van der Waals surface area contributed by atoms with Crippen LogP contribution in [0.4, 0.5) is 0 Å². The van der Waals surface area contributed by atoms with E-state index in [0.29, 0.717) is 5.58 Å². The summed E-state index contributed by atoms with van der Waals surface area (Å²) in [5.74, 6) is -0.574. The highest BCUT2D eigenvalue weighted by molar-refractivity contribution is 6.08. The number of rotatable bonds is 3. The Bertz CT molecular complexity index is 998. The Morgan fingerprint density at radius 3 is 2.58 bits per heavy atom. The van der Waals surface area contributed by atoms with Gasteiger partial charge in [-0.25, -0.2) is 4.79 Å². The number of fused-ring (bicyclic) bond motifs is 3. The van der Waals surface area contributed by atoms with Crippen LogP contribution in [0.2, 0.25) is 0 Å². The van der Waals surface area contributed by atoms with E-state index in [-0.39, 0.29) is 11.7 Å². The van der Waals surface area contributed by atoms with E-state index in [1.807, 2.05) is 43.3 Å². The van der Waals surface area contributed by atoms with Gasteiger partial charge in [-0.15, -0.1) is 0 Å². The molecule has 26 heavy (non-hydrogen) atoms. The molecule has 0 N–H and O–H groups in total. The van der Waals surface area contributed by atoms with Gasteiger partial charge in [0.1, 0.15) is 5.58 Å². The average molecular weight is 351 g/mol. The van der Waals surface area contributed by atoms with Crippen molar-refractivity contribution >= 4 is 33.6 Å². The van der Waals surface area contributed by atoms with E-state index in [1.165, 1.54) is 0 Å². The molecule has 1 aliphatic heterocycles. The van der Waals surface area contributed by atoms with E-state index < -0.39 is 12.1 Å². The van der Waals surface area contributed by atoms with Crippen LogP contribution in [0.3, 0.4) is 0 Å². The SMILES string of the molecule is Cc1c(C(=O)O[C@@H](C)C(=O)N2CCCC2)oc2c1ccc1ccccc12. The van der Waals surface area contributed by atoms with Crippen LogP contribution in [0.1, 0.15) is 35.9 Å². The van der Waals surface area contributed by atoms with Gasteiger partial charge in [0.2, 0.25) is 5.76 Å². The molecule has 1 aromatic heterocycles. The molecule has 1 amide bonds. The van der Waals surface area contributed by atoms with Crippen LogP contribution >= 0.6 is 0 Å². The Kier molecular flexibility index (Phi) is 4.15. The van der Waals surface area contributed by atoms with Gasteiger partial charge >= 0.3 is 5.97 Å². The number of esters is 1. The number of furan rings is 1. The van der Waals surface area contributed by atoms with Crippen LogP contribution in [-0.4, -0.2) is 36.0 Å². The minimum absolute atomic E-state index is 0.143. The lowest BCUT2D eigenvalue weighted by atomic mass is 10.1. The van der Waals surface area contributed by atoms with E-state index in [0.717, 1.165) is 47.7 Å². The molecular formula is C21H21NO4. The highest BCUT2D eigenvalue weighted by Gasteiger charge is 2.28. The van der Waals surface area contributed by atoms with Crippen LogP contribution in [-0.2, 0) is 9.53 Å². The van der Waals surface area contributed by atoms with E-state index in [4.69, 9.17) is 9.15 Å². The maximum absolute atomic E-state index is 12.6. The minimum Gasteiger partial charge on any atom is -0.448 e. The first kappa shape index (κ1) is 16.6. The molecule has 2 aromatic carbocycles. The van der Waals surface area contributed by atoms with Crippen molar-refractivity contribution in [1.82, 2.24) is 4.90 Å². The van der Waals surface area contributed by atoms with Crippen LogP contribution in [0, 0.1) is 6.92 Å². The molecule has 0 spiro atoms. The van der Waals surface area contributed by atoms with Gasteiger partial charge in [-0.3, -0.25) is 4.79 Å². The third-order valence-corrected chi connectivity index (χ3v) is 5.06. The van der Waals surface area contributed by atoms with E-state index in [1.54, 1.807) is 11.8 Å². The molecule has 0 unspecified atom stereocenters. The molecule has 5 heteroatoms. The van der Waals surface area contributed by atoms with Crippen molar-refractivity contribution in [2.45, 2.75) is 32.8 Å². The second-order valence-corrected chi connectivity index (χ2v) is 6.80. The first-order valence-corrected chi connectivity index (χ1v) is 8.97. The van der Waals surface area contributed by atoms with Crippen molar-refractivity contribution in [3.05, 3.63) is 47.7 Å². The largest absolute Gasteiger partial charge is 0.448 e. The van der Waals surface area contributed by atoms with Gasteiger partial charge in [-0.05, 0) is 32.1 Å². The molecule has 3 aromatic rings. The maximum atomic E-state index is 12.6. The quantitative estimate of drug-likeness (QED) is 0.668. The van der Waals surface area contributed by atoms with E-state index in [2.05, 4.69) is 0 Å². The van der Waals surface area contributed by atoms with Crippen molar-refractivity contribution in [3.8, 4) is 0 Å². The second kappa shape index (κ2) is 6.48. The summed E-state index contributed by atoms with van der Waals surface area (Å²) < 4.78 is 11.3. The number of aryl methyl sites for hydroxylation is 1. The normalized spacial score (nSPS) is 15.5. The van der Waals surface area contributed by atoms with Gasteiger partial charge < -0.3 is 14.1 Å². The summed E-state index contributed by atoms with van der Waals surface area (Å²) in [5, 5.41) is 2.88. The molecule has 5 nitrogen and oxygen atoms in total. The second-order valence-electron chi connectivity index (χ2n) is 6.80. The third kappa shape index (κ3) is 2.73. The molecule has 1 fully saturated rings. The highest BCUT2D eigenvalue weighted by Crippen LogP contribution is 2.32. The lowest BCUT2D eigenvalue weighted by molar-refractivity contribution is -0.138. The molecule has 1 saturated heterocycles. The molecule has 0 radical (unpaired) electrons. The highest BCUT2D eigenvalue weighted by atomic mass is 16.6. The molecule has 2 heterocycles. The molecule has 0 bridgehead atoms. The van der Waals surface area contributed by atoms with E-state index in [9.17, 15) is 9.59 Å². The van der Waals surface area contributed by atoms with Gasteiger partial charge in [0, 0.05) is 29.4 Å². The molecule has 134 valence electrons. The number of ether oxygens (including phenoxy) is 1. The number of hydrogen-bond donors (Lipinski definition) is 0. The fourth-order valence-corrected chi connectivity index (χ4v) is 3.60. The zero-order valence-electron chi connectivity index (χ0n) is 15.0. The summed E-state index contributed by atoms with van der Waals surface area (Å²) in [6.07, 6.45) is 1.19. The monoisotopic (exact) mass is 351 g/mol. The Morgan fingerprint density at radius 1 is 1.08 bits per heavy atom. The van der Waals surface area contributed by atoms with Crippen LogP contribution in [0.5, 0.6) is 0 Å². The van der Waals surface area contributed by atoms with Crippen LogP contribution in [0.25, 0.3) is 21.7 Å². The van der Waals surface area contributed by atoms with Crippen molar-refractivity contribution in [2.75, 3.05) is 13.1 Å². The summed E-state index contributed by atoms with van der Waals surface area (Å²) in [6.45, 7) is 4.92. The standard InChI is InChI=1S/C21H21NO4/c1-13-16-10-9-15-7-3-4-8-17(15)19(16)26-18(13)21(24)25-14(2)20(23)22-11-5-6-12-22/h3-4,7-10,14H,5-6,11-12H2,1-2H3/t14-/m0/s1. The summed E-state index contributed by atoms with van der Waals surface area (Å²) in [7, 11) is 0. The zero-order valence-corrected chi connectivity index (χ0v) is 15.0. The van der Waals surface area contributed by atoms with Gasteiger partial charge in [-0.1, -0.05) is 36.4 Å². The van der Waals surface area contributed by atoms with Gasteiger partial charge in [0.05, 0.1) is 0 Å².